The van der Waals surface area contributed by atoms with E-state index < -0.39 is 11.5 Å². The Hall–Kier alpha value is -2.63. The molecule has 0 fully saturated rings. The lowest BCUT2D eigenvalue weighted by atomic mass is 9.95. The molecule has 2 rings (SSSR count). The largest absolute Gasteiger partial charge is 0.480 e. The Kier molecular flexibility index (Phi) is 7.00. The zero-order chi connectivity index (χ0) is 20.9. The van der Waals surface area contributed by atoms with Crippen LogP contribution in [0.25, 0.3) is 0 Å². The van der Waals surface area contributed by atoms with E-state index in [1.165, 1.54) is 11.1 Å². The van der Waals surface area contributed by atoms with Gasteiger partial charge in [-0.05, 0) is 51.7 Å². The number of aromatic nitrogens is 2. The van der Waals surface area contributed by atoms with Crippen LogP contribution >= 0.6 is 0 Å². The highest BCUT2D eigenvalue weighted by Crippen LogP contribution is 2.18. The summed E-state index contributed by atoms with van der Waals surface area (Å²) in [5.41, 5.74) is 4.19. The number of carboxylic acid groups (broad SMARTS) is 1. The van der Waals surface area contributed by atoms with Crippen LogP contribution in [0, 0.1) is 20.8 Å². The summed E-state index contributed by atoms with van der Waals surface area (Å²) in [5.74, 6) is -1.25. The van der Waals surface area contributed by atoms with E-state index in [4.69, 9.17) is 0 Å². The molecule has 0 radical (unpaired) electrons. The molecule has 2 N–H and O–H groups in total. The van der Waals surface area contributed by atoms with E-state index in [2.05, 4.69) is 41.6 Å². The number of nitrogens with zero attached hydrogens (tertiary/aromatic N) is 2. The highest BCUT2D eigenvalue weighted by atomic mass is 16.4. The molecule has 2 aromatic rings. The van der Waals surface area contributed by atoms with Gasteiger partial charge in [-0.3, -0.25) is 9.48 Å². The summed E-state index contributed by atoms with van der Waals surface area (Å²) >= 11 is 0. The monoisotopic (exact) mass is 385 g/mol. The van der Waals surface area contributed by atoms with Crippen molar-refractivity contribution in [3.05, 3.63) is 52.3 Å². The summed E-state index contributed by atoms with van der Waals surface area (Å²) in [4.78, 5) is 23.9. The van der Waals surface area contributed by atoms with Crippen LogP contribution in [0.4, 0.5) is 0 Å². The Labute approximate surface area is 167 Å². The standard InChI is InChI=1S/C22H31N3O3/c1-6-13-22(5,21(27)28)23-20(26)12-11-19-16(3)24-25(17(19)4)14-18-9-7-15(2)8-10-18/h7-10H,6,11-14H2,1-5H3,(H,23,26)(H,27,28). The van der Waals surface area contributed by atoms with Crippen LogP contribution in [0.3, 0.4) is 0 Å². The molecule has 0 spiro atoms. The maximum Gasteiger partial charge on any atom is 0.329 e. The number of hydrogen-bond donors (Lipinski definition) is 2. The van der Waals surface area contributed by atoms with Gasteiger partial charge in [-0.15, -0.1) is 0 Å². The maximum absolute atomic E-state index is 12.4. The number of rotatable bonds is 9. The average molecular weight is 386 g/mol. The second kappa shape index (κ2) is 9.04. The number of carboxylic acids is 1. The highest BCUT2D eigenvalue weighted by Gasteiger charge is 2.33. The number of hydrogen-bond acceptors (Lipinski definition) is 3. The molecule has 1 amide bonds. The molecular weight excluding hydrogens is 354 g/mol. The number of aryl methyl sites for hydroxylation is 2. The van der Waals surface area contributed by atoms with Crippen LogP contribution < -0.4 is 5.32 Å². The van der Waals surface area contributed by atoms with Gasteiger partial charge in [-0.2, -0.15) is 5.10 Å². The molecule has 1 atom stereocenters. The van der Waals surface area contributed by atoms with E-state index in [0.29, 0.717) is 25.8 Å². The first kappa shape index (κ1) is 21.7. The van der Waals surface area contributed by atoms with Crippen LogP contribution in [-0.2, 0) is 22.6 Å². The Balaban J connectivity index is 2.04. The summed E-state index contributed by atoms with van der Waals surface area (Å²) in [6.07, 6.45) is 1.87. The fraction of sp³-hybridized carbons (Fsp3) is 0.500. The molecule has 0 bridgehead atoms. The summed E-state index contributed by atoms with van der Waals surface area (Å²) in [7, 11) is 0. The molecule has 28 heavy (non-hydrogen) atoms. The molecule has 0 saturated heterocycles. The van der Waals surface area contributed by atoms with Crippen LogP contribution in [0.1, 0.15) is 61.2 Å². The van der Waals surface area contributed by atoms with E-state index in [1.807, 2.05) is 25.5 Å². The normalized spacial score (nSPS) is 13.2. The SMILES string of the molecule is CCCC(C)(NC(=O)CCc1c(C)nn(Cc2ccc(C)cc2)c1C)C(=O)O. The number of nitrogens with one attached hydrogen (secondary N) is 1. The first-order valence-electron chi connectivity index (χ1n) is 9.79. The third kappa shape index (κ3) is 5.21. The van der Waals surface area contributed by atoms with Crippen molar-refractivity contribution in [1.82, 2.24) is 15.1 Å². The molecule has 0 aliphatic carbocycles. The van der Waals surface area contributed by atoms with Gasteiger partial charge >= 0.3 is 5.97 Å². The Morgan fingerprint density at radius 2 is 1.82 bits per heavy atom. The fourth-order valence-corrected chi connectivity index (χ4v) is 3.45. The Morgan fingerprint density at radius 3 is 2.39 bits per heavy atom. The van der Waals surface area contributed by atoms with Crippen molar-refractivity contribution < 1.29 is 14.7 Å². The van der Waals surface area contributed by atoms with Gasteiger partial charge < -0.3 is 10.4 Å². The van der Waals surface area contributed by atoms with Crippen molar-refractivity contribution >= 4 is 11.9 Å². The number of amides is 1. The van der Waals surface area contributed by atoms with Crippen molar-refractivity contribution in [2.75, 3.05) is 0 Å². The summed E-state index contributed by atoms with van der Waals surface area (Å²) in [6.45, 7) is 10.2. The smallest absolute Gasteiger partial charge is 0.329 e. The molecular formula is C22H31N3O3. The topological polar surface area (TPSA) is 84.2 Å². The fourth-order valence-electron chi connectivity index (χ4n) is 3.45. The molecule has 1 heterocycles. The minimum atomic E-state index is -1.22. The van der Waals surface area contributed by atoms with Gasteiger partial charge in [0.1, 0.15) is 5.54 Å². The summed E-state index contributed by atoms with van der Waals surface area (Å²) in [5, 5.41) is 16.7. The zero-order valence-electron chi connectivity index (χ0n) is 17.5. The molecule has 1 aromatic carbocycles. The third-order valence-electron chi connectivity index (χ3n) is 5.22. The van der Waals surface area contributed by atoms with Gasteiger partial charge in [-0.1, -0.05) is 43.2 Å². The number of benzene rings is 1. The Bertz CT molecular complexity index is 839. The summed E-state index contributed by atoms with van der Waals surface area (Å²) < 4.78 is 1.96. The number of aliphatic carboxylic acids is 1. The van der Waals surface area contributed by atoms with Crippen LogP contribution in [0.15, 0.2) is 24.3 Å². The van der Waals surface area contributed by atoms with E-state index in [9.17, 15) is 14.7 Å². The molecule has 6 nitrogen and oxygen atoms in total. The van der Waals surface area contributed by atoms with Crippen molar-refractivity contribution in [2.45, 2.75) is 72.4 Å². The van der Waals surface area contributed by atoms with Crippen LogP contribution in [0.2, 0.25) is 0 Å². The molecule has 0 aliphatic rings. The molecule has 1 unspecified atom stereocenters. The summed E-state index contributed by atoms with van der Waals surface area (Å²) in [6, 6.07) is 8.36. The van der Waals surface area contributed by atoms with Gasteiger partial charge in [0.2, 0.25) is 5.91 Å². The molecule has 0 saturated carbocycles. The number of carbonyl (C=O) groups excluding carboxylic acids is 1. The predicted molar refractivity (Wildman–Crippen MR) is 109 cm³/mol. The van der Waals surface area contributed by atoms with E-state index >= 15 is 0 Å². The second-order valence-electron chi connectivity index (χ2n) is 7.73. The van der Waals surface area contributed by atoms with Gasteiger partial charge in [0.25, 0.3) is 0 Å². The van der Waals surface area contributed by atoms with Crippen molar-refractivity contribution in [3.8, 4) is 0 Å². The first-order chi connectivity index (χ1) is 13.2. The van der Waals surface area contributed by atoms with E-state index in [-0.39, 0.29) is 12.3 Å². The molecule has 1 aromatic heterocycles. The lowest BCUT2D eigenvalue weighted by molar-refractivity contribution is -0.147. The quantitative estimate of drug-likeness (QED) is 0.691. The van der Waals surface area contributed by atoms with Crippen molar-refractivity contribution in [1.29, 1.82) is 0 Å². The minimum absolute atomic E-state index is 0.241. The maximum atomic E-state index is 12.4. The Morgan fingerprint density at radius 1 is 1.18 bits per heavy atom. The zero-order valence-corrected chi connectivity index (χ0v) is 17.5. The van der Waals surface area contributed by atoms with Gasteiger partial charge in [0.15, 0.2) is 0 Å². The highest BCUT2D eigenvalue weighted by molar-refractivity contribution is 5.86. The van der Waals surface area contributed by atoms with Gasteiger partial charge in [0, 0.05) is 12.1 Å². The third-order valence-corrected chi connectivity index (χ3v) is 5.22. The first-order valence-corrected chi connectivity index (χ1v) is 9.79. The van der Waals surface area contributed by atoms with Crippen LogP contribution in [-0.4, -0.2) is 32.3 Å². The minimum Gasteiger partial charge on any atom is -0.480 e. The second-order valence-corrected chi connectivity index (χ2v) is 7.73. The average Bonchev–Trinajstić information content (AvgIpc) is 2.88. The number of carbonyl (C=O) groups is 2. The van der Waals surface area contributed by atoms with Gasteiger partial charge in [-0.25, -0.2) is 4.79 Å². The van der Waals surface area contributed by atoms with Crippen molar-refractivity contribution in [3.63, 3.8) is 0 Å². The molecule has 6 heteroatoms. The predicted octanol–water partition coefficient (Wildman–Crippen LogP) is 3.55. The lowest BCUT2D eigenvalue weighted by Crippen LogP contribution is -2.52. The lowest BCUT2D eigenvalue weighted by Gasteiger charge is -2.25. The van der Waals surface area contributed by atoms with E-state index in [0.717, 1.165) is 17.0 Å². The molecule has 0 aliphatic heterocycles. The van der Waals surface area contributed by atoms with E-state index in [1.54, 1.807) is 6.92 Å². The van der Waals surface area contributed by atoms with Gasteiger partial charge in [0.05, 0.1) is 12.2 Å². The van der Waals surface area contributed by atoms with Crippen LogP contribution in [0.5, 0.6) is 0 Å². The van der Waals surface area contributed by atoms with Crippen molar-refractivity contribution in [2.24, 2.45) is 0 Å². The molecule has 152 valence electrons.